The van der Waals surface area contributed by atoms with Crippen LogP contribution in [-0.4, -0.2) is 64.3 Å². The molecule has 0 bridgehead atoms. The van der Waals surface area contributed by atoms with Crippen LogP contribution in [0.5, 0.6) is 5.75 Å². The number of nitrogens with zero attached hydrogens (tertiary/aromatic N) is 3. The van der Waals surface area contributed by atoms with Crippen LogP contribution in [0, 0.1) is 0 Å². The fraction of sp³-hybridized carbons (Fsp3) is 0.269. The molecule has 0 aliphatic carbocycles. The van der Waals surface area contributed by atoms with Crippen molar-refractivity contribution in [2.45, 2.75) is 18.7 Å². The molecule has 4 aromatic rings. The summed E-state index contributed by atoms with van der Waals surface area (Å²) in [6, 6.07) is 17.2. The van der Waals surface area contributed by atoms with Gasteiger partial charge < -0.3 is 29.2 Å². The number of carboxylic acid groups (broad SMARTS) is 1. The van der Waals surface area contributed by atoms with Crippen LogP contribution < -0.4 is 10.1 Å². The monoisotopic (exact) mass is 546 g/mol. The van der Waals surface area contributed by atoms with Crippen LogP contribution in [0.25, 0.3) is 5.65 Å². The number of nitrogens with one attached hydrogen (secondary N) is 1. The lowest BCUT2D eigenvalue weighted by Crippen LogP contribution is -2.43. The van der Waals surface area contributed by atoms with Crippen molar-refractivity contribution in [1.29, 1.82) is 0 Å². The van der Waals surface area contributed by atoms with E-state index < -0.39 is 12.1 Å². The maximum atomic E-state index is 12.7. The number of furan rings is 1. The number of carbonyl (C=O) groups is 2. The Morgan fingerprint density at radius 3 is 2.54 bits per heavy atom. The number of halogens is 3. The van der Waals surface area contributed by atoms with Crippen LogP contribution in [0.4, 0.5) is 24.7 Å². The number of ether oxygens (including phenoxy) is 2. The van der Waals surface area contributed by atoms with E-state index in [4.69, 9.17) is 28.8 Å². The molecule has 206 valence electrons. The molecule has 1 fully saturated rings. The molecule has 0 radical (unpaired) electrons. The van der Waals surface area contributed by atoms with Crippen LogP contribution in [0.2, 0.25) is 0 Å². The van der Waals surface area contributed by atoms with Crippen LogP contribution in [0.15, 0.2) is 71.5 Å². The van der Waals surface area contributed by atoms with Crippen LogP contribution in [0.1, 0.15) is 17.6 Å². The average molecular weight is 547 g/mol. The molecule has 1 unspecified atom stereocenters. The van der Waals surface area contributed by atoms with Crippen molar-refractivity contribution in [3.63, 3.8) is 0 Å². The van der Waals surface area contributed by atoms with E-state index in [1.165, 1.54) is 0 Å². The molecule has 10 nitrogen and oxygen atoms in total. The van der Waals surface area contributed by atoms with Gasteiger partial charge >= 0.3 is 12.1 Å². The summed E-state index contributed by atoms with van der Waals surface area (Å²) in [4.78, 5) is 28.2. The Morgan fingerprint density at radius 1 is 1.15 bits per heavy atom. The smallest absolute Gasteiger partial charge is 0.490 e. The number of fused-ring (bicyclic) bond motifs is 1. The third-order valence-corrected chi connectivity index (χ3v) is 5.77. The number of hydrogen-bond donors (Lipinski definition) is 2. The van der Waals surface area contributed by atoms with Crippen LogP contribution >= 0.6 is 0 Å². The lowest BCUT2D eigenvalue weighted by molar-refractivity contribution is -0.192. The van der Waals surface area contributed by atoms with Crippen molar-refractivity contribution in [3.05, 3.63) is 78.5 Å². The maximum Gasteiger partial charge on any atom is 0.490 e. The maximum absolute atomic E-state index is 12.7. The van der Waals surface area contributed by atoms with E-state index in [2.05, 4.69) is 5.32 Å². The summed E-state index contributed by atoms with van der Waals surface area (Å²) in [7, 11) is 1.65. The van der Waals surface area contributed by atoms with E-state index in [1.807, 2.05) is 64.0 Å². The zero-order chi connectivity index (χ0) is 28.0. The number of anilines is 2. The van der Waals surface area contributed by atoms with Gasteiger partial charge in [-0.15, -0.1) is 0 Å². The average Bonchev–Trinajstić information content (AvgIpc) is 3.60. The molecule has 1 aliphatic heterocycles. The van der Waals surface area contributed by atoms with Crippen molar-refractivity contribution in [1.82, 2.24) is 14.3 Å². The van der Waals surface area contributed by atoms with Gasteiger partial charge in [-0.25, -0.2) is 9.78 Å². The molecule has 13 heteroatoms. The second-order valence-electron chi connectivity index (χ2n) is 8.42. The van der Waals surface area contributed by atoms with Gasteiger partial charge in [0, 0.05) is 18.4 Å². The number of carbonyl (C=O) groups excluding carboxylic acids is 1. The SMILES string of the molecule is COc1ccc(Nc2cccc3nc(C4CN(C(=O)Cc5ccco5)CCO4)cn23)cc1.O=C(O)C(F)(F)F. The number of benzene rings is 1. The second kappa shape index (κ2) is 11.9. The van der Waals surface area contributed by atoms with Crippen molar-refractivity contribution >= 4 is 29.0 Å². The number of methoxy groups -OCH3 is 1. The first-order valence-electron chi connectivity index (χ1n) is 11.7. The Morgan fingerprint density at radius 2 is 1.90 bits per heavy atom. The zero-order valence-electron chi connectivity index (χ0n) is 20.7. The minimum absolute atomic E-state index is 0.0267. The highest BCUT2D eigenvalue weighted by Gasteiger charge is 2.38. The number of aromatic nitrogens is 2. The summed E-state index contributed by atoms with van der Waals surface area (Å²) >= 11 is 0. The van der Waals surface area contributed by atoms with Gasteiger partial charge in [0.1, 0.15) is 29.1 Å². The number of pyridine rings is 1. The van der Waals surface area contributed by atoms with Crippen LogP contribution in [0.3, 0.4) is 0 Å². The first kappa shape index (κ1) is 27.5. The summed E-state index contributed by atoms with van der Waals surface area (Å²) in [5, 5.41) is 10.5. The molecule has 0 spiro atoms. The third kappa shape index (κ3) is 7.08. The predicted octanol–water partition coefficient (Wildman–Crippen LogP) is 4.46. The number of rotatable bonds is 6. The first-order valence-corrected chi connectivity index (χ1v) is 11.7. The largest absolute Gasteiger partial charge is 0.497 e. The van der Waals surface area contributed by atoms with Crippen molar-refractivity contribution in [3.8, 4) is 5.75 Å². The van der Waals surface area contributed by atoms with Crippen molar-refractivity contribution < 1.29 is 41.8 Å². The van der Waals surface area contributed by atoms with Gasteiger partial charge in [-0.3, -0.25) is 9.20 Å². The summed E-state index contributed by atoms with van der Waals surface area (Å²) in [6.07, 6.45) is -1.57. The van der Waals surface area contributed by atoms with E-state index in [9.17, 15) is 18.0 Å². The second-order valence-corrected chi connectivity index (χ2v) is 8.42. The standard InChI is InChI=1S/C24H24N4O4.C2HF3O2/c1-30-18-9-7-17(8-10-18)25-22-5-2-6-23-26-20(15-28(22)23)21-16-27(11-13-32-21)24(29)14-19-4-3-12-31-19;3-2(4,5)1(6)7/h2-10,12,15,21,25H,11,13-14,16H2,1H3;(H,6,7). The highest BCUT2D eigenvalue weighted by molar-refractivity contribution is 5.78. The van der Waals surface area contributed by atoms with Gasteiger partial charge in [0.25, 0.3) is 0 Å². The fourth-order valence-electron chi connectivity index (χ4n) is 3.84. The fourth-order valence-corrected chi connectivity index (χ4v) is 3.84. The summed E-state index contributed by atoms with van der Waals surface area (Å²) in [5.41, 5.74) is 2.54. The molecule has 5 rings (SSSR count). The quantitative estimate of drug-likeness (QED) is 0.364. The Kier molecular flexibility index (Phi) is 8.39. The Hall–Kier alpha value is -4.52. The lowest BCUT2D eigenvalue weighted by atomic mass is 10.2. The van der Waals surface area contributed by atoms with E-state index in [-0.39, 0.29) is 18.4 Å². The Balaban J connectivity index is 0.000000448. The van der Waals surface area contributed by atoms with Gasteiger partial charge in [0.05, 0.1) is 38.6 Å². The van der Waals surface area contributed by atoms with Gasteiger partial charge in [-0.1, -0.05) is 6.07 Å². The van der Waals surface area contributed by atoms with Crippen LogP contribution in [-0.2, 0) is 20.7 Å². The van der Waals surface area contributed by atoms with E-state index in [0.717, 1.165) is 28.6 Å². The first-order chi connectivity index (χ1) is 18.6. The van der Waals surface area contributed by atoms with Gasteiger partial charge in [0.2, 0.25) is 5.91 Å². The molecule has 3 aromatic heterocycles. The van der Waals surface area contributed by atoms with Gasteiger partial charge in [-0.05, 0) is 48.5 Å². The topological polar surface area (TPSA) is 119 Å². The van der Waals surface area contributed by atoms with E-state index in [1.54, 1.807) is 19.4 Å². The van der Waals surface area contributed by atoms with E-state index >= 15 is 0 Å². The molecule has 39 heavy (non-hydrogen) atoms. The summed E-state index contributed by atoms with van der Waals surface area (Å²) < 4.78 is 50.2. The zero-order valence-corrected chi connectivity index (χ0v) is 20.7. The number of imidazole rings is 1. The predicted molar refractivity (Wildman–Crippen MR) is 133 cm³/mol. The number of alkyl halides is 3. The molecule has 4 heterocycles. The molecular formula is C26H25F3N4O6. The lowest BCUT2D eigenvalue weighted by Gasteiger charge is -2.32. The molecule has 1 amide bonds. The number of aliphatic carboxylic acids is 1. The minimum atomic E-state index is -5.08. The molecule has 1 saturated heterocycles. The molecule has 2 N–H and O–H groups in total. The third-order valence-electron chi connectivity index (χ3n) is 5.77. The van der Waals surface area contributed by atoms with E-state index in [0.29, 0.717) is 25.5 Å². The highest BCUT2D eigenvalue weighted by Crippen LogP contribution is 2.26. The number of morpholine rings is 1. The normalized spacial score (nSPS) is 15.4. The Bertz CT molecular complexity index is 1400. The van der Waals surface area contributed by atoms with Gasteiger partial charge in [0.15, 0.2) is 0 Å². The molecule has 1 atom stereocenters. The number of hydrogen-bond acceptors (Lipinski definition) is 7. The van der Waals surface area contributed by atoms with Crippen molar-refractivity contribution in [2.75, 3.05) is 32.1 Å². The number of carboxylic acids is 1. The number of amides is 1. The summed E-state index contributed by atoms with van der Waals surface area (Å²) in [5.74, 6) is -0.376. The minimum Gasteiger partial charge on any atom is -0.497 e. The molecule has 1 aromatic carbocycles. The van der Waals surface area contributed by atoms with Crippen molar-refractivity contribution in [2.24, 2.45) is 0 Å². The summed E-state index contributed by atoms with van der Waals surface area (Å²) in [6.45, 7) is 1.50. The molecule has 0 saturated carbocycles. The molecular weight excluding hydrogens is 521 g/mol. The Labute approximate surface area is 220 Å². The molecule has 1 aliphatic rings. The highest BCUT2D eigenvalue weighted by atomic mass is 19.4. The van der Waals surface area contributed by atoms with Gasteiger partial charge in [-0.2, -0.15) is 13.2 Å².